The van der Waals surface area contributed by atoms with Crippen LogP contribution in [0.2, 0.25) is 0 Å². The van der Waals surface area contributed by atoms with Crippen molar-refractivity contribution in [2.45, 2.75) is 43.6 Å². The van der Waals surface area contributed by atoms with Crippen molar-refractivity contribution in [1.29, 1.82) is 0 Å². The maximum Gasteiger partial charge on any atom is 0.243 e. The largest absolute Gasteiger partial charge is 0.494 e. The second-order valence-electron chi connectivity index (χ2n) is 7.59. The molecule has 1 aromatic carbocycles. The molecule has 1 N–H and O–H groups in total. The smallest absolute Gasteiger partial charge is 0.243 e. The first-order valence-corrected chi connectivity index (χ1v) is 10.9. The Bertz CT molecular complexity index is 768. The average molecular weight is 397 g/mol. The van der Waals surface area contributed by atoms with Crippen molar-refractivity contribution in [3.8, 4) is 5.75 Å². The third-order valence-electron chi connectivity index (χ3n) is 5.34. The third kappa shape index (κ3) is 4.44. The lowest BCUT2D eigenvalue weighted by molar-refractivity contribution is -0.136. The van der Waals surface area contributed by atoms with Gasteiger partial charge in [0.1, 0.15) is 5.75 Å². The van der Waals surface area contributed by atoms with Crippen molar-refractivity contribution in [3.05, 3.63) is 24.3 Å². The Morgan fingerprint density at radius 1 is 1.22 bits per heavy atom. The summed E-state index contributed by atoms with van der Waals surface area (Å²) in [5, 5.41) is 10.0. The van der Waals surface area contributed by atoms with Crippen LogP contribution in [0.15, 0.2) is 29.2 Å². The van der Waals surface area contributed by atoms with Crippen LogP contribution in [0.1, 0.15) is 33.1 Å². The number of benzene rings is 1. The summed E-state index contributed by atoms with van der Waals surface area (Å²) in [5.41, 5.74) is -0.812. The predicted octanol–water partition coefficient (Wildman–Crippen LogP) is 1.47. The molecule has 7 nitrogen and oxygen atoms in total. The van der Waals surface area contributed by atoms with Gasteiger partial charge in [0, 0.05) is 32.1 Å². The van der Waals surface area contributed by atoms with Gasteiger partial charge in [-0.15, -0.1) is 0 Å². The van der Waals surface area contributed by atoms with E-state index in [0.717, 1.165) is 0 Å². The second-order valence-corrected chi connectivity index (χ2v) is 9.53. The van der Waals surface area contributed by atoms with Gasteiger partial charge in [-0.3, -0.25) is 4.79 Å². The lowest BCUT2D eigenvalue weighted by Crippen LogP contribution is -2.44. The van der Waals surface area contributed by atoms with E-state index in [-0.39, 0.29) is 16.7 Å². The van der Waals surface area contributed by atoms with Crippen LogP contribution in [0.3, 0.4) is 0 Å². The summed E-state index contributed by atoms with van der Waals surface area (Å²) in [6.07, 6.45) is 1.60. The number of aliphatic hydroxyl groups is 1. The Morgan fingerprint density at radius 2 is 1.85 bits per heavy atom. The van der Waals surface area contributed by atoms with Crippen LogP contribution in [-0.2, 0) is 14.8 Å². The standard InChI is InChI=1S/C19H28N2O5S/c1-3-26-16-4-6-17(7-5-16)27(24,25)21-11-8-15(9-12-21)18(22)20-13-10-19(2,23)14-20/h4-7,15,23H,3,8-14H2,1-2H3. The molecule has 2 aliphatic rings. The Kier molecular flexibility index (Phi) is 5.79. The number of rotatable bonds is 5. The first kappa shape index (κ1) is 20.1. The summed E-state index contributed by atoms with van der Waals surface area (Å²) in [5.74, 6) is 0.499. The molecular formula is C19H28N2O5S. The average Bonchev–Trinajstić information content (AvgIpc) is 3.02. The Hall–Kier alpha value is -1.64. The second kappa shape index (κ2) is 7.77. The van der Waals surface area contributed by atoms with E-state index in [2.05, 4.69) is 0 Å². The van der Waals surface area contributed by atoms with Crippen LogP contribution in [0.4, 0.5) is 0 Å². The minimum atomic E-state index is -3.57. The Morgan fingerprint density at radius 3 is 2.37 bits per heavy atom. The van der Waals surface area contributed by atoms with Gasteiger partial charge in [-0.1, -0.05) is 0 Å². The zero-order valence-corrected chi connectivity index (χ0v) is 16.7. The number of nitrogens with zero attached hydrogens (tertiary/aromatic N) is 2. The number of carbonyl (C=O) groups is 1. The maximum atomic E-state index is 12.8. The maximum absolute atomic E-state index is 12.8. The van der Waals surface area contributed by atoms with E-state index in [1.165, 1.54) is 4.31 Å². The van der Waals surface area contributed by atoms with Crippen molar-refractivity contribution in [2.24, 2.45) is 5.92 Å². The molecule has 27 heavy (non-hydrogen) atoms. The number of sulfonamides is 1. The molecule has 3 rings (SSSR count). The summed E-state index contributed by atoms with van der Waals surface area (Å²) >= 11 is 0. The normalized spacial score (nSPS) is 24.9. The van der Waals surface area contributed by atoms with E-state index in [1.54, 1.807) is 36.1 Å². The van der Waals surface area contributed by atoms with Gasteiger partial charge < -0.3 is 14.7 Å². The van der Waals surface area contributed by atoms with Gasteiger partial charge in [0.05, 0.1) is 17.1 Å². The fraction of sp³-hybridized carbons (Fsp3) is 0.632. The fourth-order valence-electron chi connectivity index (χ4n) is 3.76. The summed E-state index contributed by atoms with van der Waals surface area (Å²) < 4.78 is 32.5. The lowest BCUT2D eigenvalue weighted by Gasteiger charge is -2.32. The number of amides is 1. The number of β-amino-alcohol motifs (C(OH)–C–C–N with tert-alkyl or cyclic N) is 1. The molecule has 0 bridgehead atoms. The summed E-state index contributed by atoms with van der Waals surface area (Å²) in [4.78, 5) is 14.6. The molecule has 2 heterocycles. The Labute approximate surface area is 161 Å². The van der Waals surface area contributed by atoms with E-state index < -0.39 is 15.6 Å². The number of hydrogen-bond donors (Lipinski definition) is 1. The third-order valence-corrected chi connectivity index (χ3v) is 7.25. The Balaban J connectivity index is 1.60. The van der Waals surface area contributed by atoms with E-state index in [9.17, 15) is 18.3 Å². The summed E-state index contributed by atoms with van der Waals surface area (Å²) in [7, 11) is -3.57. The van der Waals surface area contributed by atoms with Crippen molar-refractivity contribution in [2.75, 3.05) is 32.8 Å². The molecule has 2 saturated heterocycles. The van der Waals surface area contributed by atoms with Crippen LogP contribution < -0.4 is 4.74 Å². The van der Waals surface area contributed by atoms with Gasteiger partial charge in [-0.05, 0) is 57.4 Å². The molecule has 2 fully saturated rings. The van der Waals surface area contributed by atoms with Crippen LogP contribution in [-0.4, -0.2) is 67.0 Å². The molecule has 1 unspecified atom stereocenters. The van der Waals surface area contributed by atoms with Crippen LogP contribution in [0.25, 0.3) is 0 Å². The molecule has 1 atom stereocenters. The predicted molar refractivity (Wildman–Crippen MR) is 101 cm³/mol. The monoisotopic (exact) mass is 396 g/mol. The minimum Gasteiger partial charge on any atom is -0.494 e. The highest BCUT2D eigenvalue weighted by Gasteiger charge is 2.38. The molecule has 0 aliphatic carbocycles. The van der Waals surface area contributed by atoms with E-state index in [1.807, 2.05) is 6.92 Å². The van der Waals surface area contributed by atoms with E-state index in [4.69, 9.17) is 4.74 Å². The van der Waals surface area contributed by atoms with E-state index in [0.29, 0.717) is 57.8 Å². The topological polar surface area (TPSA) is 87.2 Å². The fourth-order valence-corrected chi connectivity index (χ4v) is 5.23. The molecule has 8 heteroatoms. The first-order valence-electron chi connectivity index (χ1n) is 9.47. The SMILES string of the molecule is CCOc1ccc(S(=O)(=O)N2CCC(C(=O)N3CCC(C)(O)C3)CC2)cc1. The van der Waals surface area contributed by atoms with Crippen molar-refractivity contribution in [1.82, 2.24) is 9.21 Å². The van der Waals surface area contributed by atoms with E-state index >= 15 is 0 Å². The molecule has 1 aromatic rings. The van der Waals surface area contributed by atoms with Crippen LogP contribution >= 0.6 is 0 Å². The highest BCUT2D eigenvalue weighted by Crippen LogP contribution is 2.28. The van der Waals surface area contributed by atoms with Crippen molar-refractivity contribution in [3.63, 3.8) is 0 Å². The zero-order chi connectivity index (χ0) is 19.7. The molecule has 2 aliphatic heterocycles. The molecule has 0 aromatic heterocycles. The quantitative estimate of drug-likeness (QED) is 0.814. The van der Waals surface area contributed by atoms with Gasteiger partial charge in [0.15, 0.2) is 0 Å². The number of ether oxygens (including phenoxy) is 1. The zero-order valence-electron chi connectivity index (χ0n) is 15.9. The molecule has 0 radical (unpaired) electrons. The van der Waals surface area contributed by atoms with Crippen molar-refractivity contribution < 1.29 is 23.1 Å². The minimum absolute atomic E-state index is 0.0332. The van der Waals surface area contributed by atoms with Gasteiger partial charge >= 0.3 is 0 Å². The lowest BCUT2D eigenvalue weighted by atomic mass is 9.96. The molecule has 0 spiro atoms. The number of likely N-dealkylation sites (tertiary alicyclic amines) is 1. The van der Waals surface area contributed by atoms with Gasteiger partial charge in [-0.2, -0.15) is 4.31 Å². The molecular weight excluding hydrogens is 368 g/mol. The molecule has 1 amide bonds. The molecule has 0 saturated carbocycles. The summed E-state index contributed by atoms with van der Waals surface area (Å²) in [6.45, 7) is 5.73. The van der Waals surface area contributed by atoms with Crippen LogP contribution in [0.5, 0.6) is 5.75 Å². The van der Waals surface area contributed by atoms with Crippen molar-refractivity contribution >= 4 is 15.9 Å². The van der Waals surface area contributed by atoms with Gasteiger partial charge in [0.2, 0.25) is 15.9 Å². The van der Waals surface area contributed by atoms with Gasteiger partial charge in [-0.25, -0.2) is 8.42 Å². The van der Waals surface area contributed by atoms with Crippen LogP contribution in [0, 0.1) is 5.92 Å². The number of carbonyl (C=O) groups excluding carboxylic acids is 1. The van der Waals surface area contributed by atoms with Gasteiger partial charge in [0.25, 0.3) is 0 Å². The molecule has 150 valence electrons. The highest BCUT2D eigenvalue weighted by atomic mass is 32.2. The summed E-state index contributed by atoms with van der Waals surface area (Å²) in [6, 6.07) is 6.44. The highest BCUT2D eigenvalue weighted by molar-refractivity contribution is 7.89. The number of piperidine rings is 1. The first-order chi connectivity index (χ1) is 12.7. The number of hydrogen-bond acceptors (Lipinski definition) is 5.